The van der Waals surface area contributed by atoms with Crippen LogP contribution in [0.5, 0.6) is 5.75 Å². The number of unbranched alkanes of at least 4 members (excludes halogenated alkanes) is 2. The maximum atomic E-state index is 12.3. The second-order valence-corrected chi connectivity index (χ2v) is 4.71. The van der Waals surface area contributed by atoms with Crippen molar-refractivity contribution in [2.24, 2.45) is 0 Å². The lowest BCUT2D eigenvalue weighted by molar-refractivity contribution is 0.0788. The summed E-state index contributed by atoms with van der Waals surface area (Å²) in [6.45, 7) is 2.86. The monoisotopic (exact) mass is 265 g/mol. The van der Waals surface area contributed by atoms with Crippen LogP contribution in [0.1, 0.15) is 35.2 Å². The summed E-state index contributed by atoms with van der Waals surface area (Å²) < 4.78 is 5.23. The summed E-state index contributed by atoms with van der Waals surface area (Å²) in [6, 6.07) is 5.60. The first-order valence-electron chi connectivity index (χ1n) is 6.61. The number of nitrogens with zero attached hydrogens (tertiary/aromatic N) is 1. The zero-order valence-corrected chi connectivity index (χ0v) is 12.0. The van der Waals surface area contributed by atoms with E-state index in [1.807, 2.05) is 25.1 Å². The molecule has 0 aliphatic carbocycles. The summed E-state index contributed by atoms with van der Waals surface area (Å²) in [4.78, 5) is 14.0. The van der Waals surface area contributed by atoms with Gasteiger partial charge in [0.05, 0.1) is 12.7 Å². The Morgan fingerprint density at radius 3 is 2.68 bits per heavy atom. The summed E-state index contributed by atoms with van der Waals surface area (Å²) in [5.74, 6) is 0.586. The van der Waals surface area contributed by atoms with Gasteiger partial charge in [-0.05, 0) is 38.3 Å². The van der Waals surface area contributed by atoms with Crippen LogP contribution in [0.15, 0.2) is 18.2 Å². The molecule has 4 heteroatoms. The minimum absolute atomic E-state index is 0.0236. The van der Waals surface area contributed by atoms with Gasteiger partial charge < -0.3 is 14.7 Å². The van der Waals surface area contributed by atoms with Crippen LogP contribution in [0, 0.1) is 6.92 Å². The number of carbonyl (C=O) groups is 1. The fraction of sp³-hybridized carbons (Fsp3) is 0.533. The Labute approximate surface area is 115 Å². The standard InChI is InChI=1S/C15H23NO3/c1-12-7-8-14(19-3)13(11-12)15(18)16(2)9-5-4-6-10-17/h7-8,11,17H,4-6,9-10H2,1-3H3. The number of aliphatic hydroxyl groups is 1. The van der Waals surface area contributed by atoms with Gasteiger partial charge in [0.25, 0.3) is 5.91 Å². The summed E-state index contributed by atoms with van der Waals surface area (Å²) in [6.07, 6.45) is 2.62. The molecule has 0 saturated carbocycles. The molecule has 0 spiro atoms. The average Bonchev–Trinajstić information content (AvgIpc) is 2.42. The van der Waals surface area contributed by atoms with Crippen molar-refractivity contribution in [3.8, 4) is 5.75 Å². The van der Waals surface area contributed by atoms with Crippen LogP contribution in [0.4, 0.5) is 0 Å². The van der Waals surface area contributed by atoms with E-state index < -0.39 is 0 Å². The molecule has 1 rings (SSSR count). The third-order valence-electron chi connectivity index (χ3n) is 3.08. The van der Waals surface area contributed by atoms with E-state index in [1.54, 1.807) is 19.1 Å². The van der Waals surface area contributed by atoms with Crippen molar-refractivity contribution < 1.29 is 14.6 Å². The van der Waals surface area contributed by atoms with Crippen molar-refractivity contribution in [2.45, 2.75) is 26.2 Å². The molecule has 0 saturated heterocycles. The van der Waals surface area contributed by atoms with Crippen molar-refractivity contribution in [1.29, 1.82) is 0 Å². The molecule has 0 aliphatic heterocycles. The third kappa shape index (κ3) is 4.56. The van der Waals surface area contributed by atoms with E-state index in [-0.39, 0.29) is 12.5 Å². The Balaban J connectivity index is 2.68. The molecular formula is C15H23NO3. The first-order valence-corrected chi connectivity index (χ1v) is 6.61. The lowest BCUT2D eigenvalue weighted by Crippen LogP contribution is -2.28. The second kappa shape index (κ2) is 7.79. The van der Waals surface area contributed by atoms with E-state index in [4.69, 9.17) is 9.84 Å². The number of hydrogen-bond donors (Lipinski definition) is 1. The Kier molecular flexibility index (Phi) is 6.36. The molecule has 0 aromatic heterocycles. The van der Waals surface area contributed by atoms with Gasteiger partial charge in [-0.25, -0.2) is 0 Å². The molecule has 1 amide bonds. The molecule has 0 heterocycles. The number of ether oxygens (including phenoxy) is 1. The highest BCUT2D eigenvalue weighted by atomic mass is 16.5. The number of carbonyl (C=O) groups excluding carboxylic acids is 1. The van der Waals surface area contributed by atoms with E-state index in [2.05, 4.69) is 0 Å². The molecule has 106 valence electrons. The van der Waals surface area contributed by atoms with E-state index in [0.29, 0.717) is 17.9 Å². The van der Waals surface area contributed by atoms with E-state index in [0.717, 1.165) is 24.8 Å². The van der Waals surface area contributed by atoms with Crippen molar-refractivity contribution in [2.75, 3.05) is 27.3 Å². The Morgan fingerprint density at radius 1 is 1.32 bits per heavy atom. The number of amides is 1. The highest BCUT2D eigenvalue weighted by molar-refractivity contribution is 5.97. The van der Waals surface area contributed by atoms with Gasteiger partial charge in [-0.2, -0.15) is 0 Å². The molecular weight excluding hydrogens is 242 g/mol. The molecule has 0 radical (unpaired) electrons. The molecule has 0 unspecified atom stereocenters. The smallest absolute Gasteiger partial charge is 0.257 e. The first-order chi connectivity index (χ1) is 9.10. The molecule has 0 atom stereocenters. The summed E-state index contributed by atoms with van der Waals surface area (Å²) >= 11 is 0. The molecule has 1 aromatic carbocycles. The van der Waals surface area contributed by atoms with Gasteiger partial charge in [-0.15, -0.1) is 0 Å². The fourth-order valence-corrected chi connectivity index (χ4v) is 1.93. The molecule has 0 fully saturated rings. The van der Waals surface area contributed by atoms with Gasteiger partial charge in [-0.3, -0.25) is 4.79 Å². The maximum absolute atomic E-state index is 12.3. The molecule has 0 bridgehead atoms. The highest BCUT2D eigenvalue weighted by Gasteiger charge is 2.16. The molecule has 4 nitrogen and oxygen atoms in total. The van der Waals surface area contributed by atoms with E-state index in [1.165, 1.54) is 0 Å². The van der Waals surface area contributed by atoms with Crippen LogP contribution >= 0.6 is 0 Å². The predicted molar refractivity (Wildman–Crippen MR) is 75.6 cm³/mol. The van der Waals surface area contributed by atoms with Crippen molar-refractivity contribution in [3.63, 3.8) is 0 Å². The van der Waals surface area contributed by atoms with E-state index in [9.17, 15) is 4.79 Å². The second-order valence-electron chi connectivity index (χ2n) is 4.71. The van der Waals surface area contributed by atoms with Gasteiger partial charge in [0.1, 0.15) is 5.75 Å². The normalized spacial score (nSPS) is 10.3. The predicted octanol–water partition coefficient (Wildman–Crippen LogP) is 2.24. The van der Waals surface area contributed by atoms with Gasteiger partial charge in [0, 0.05) is 20.2 Å². The van der Waals surface area contributed by atoms with Crippen molar-refractivity contribution in [1.82, 2.24) is 4.90 Å². The summed E-state index contributed by atoms with van der Waals surface area (Å²) in [7, 11) is 3.37. The fourth-order valence-electron chi connectivity index (χ4n) is 1.93. The Morgan fingerprint density at radius 2 is 2.05 bits per heavy atom. The topological polar surface area (TPSA) is 49.8 Å². The SMILES string of the molecule is COc1ccc(C)cc1C(=O)N(C)CCCCCO. The Bertz CT molecular complexity index is 418. The first kappa shape index (κ1) is 15.5. The highest BCUT2D eigenvalue weighted by Crippen LogP contribution is 2.21. The van der Waals surface area contributed by atoms with E-state index >= 15 is 0 Å². The summed E-state index contributed by atoms with van der Waals surface area (Å²) in [5, 5.41) is 8.72. The maximum Gasteiger partial charge on any atom is 0.257 e. The van der Waals surface area contributed by atoms with Gasteiger partial charge in [0.2, 0.25) is 0 Å². The minimum atomic E-state index is -0.0236. The number of hydrogen-bond acceptors (Lipinski definition) is 3. The third-order valence-corrected chi connectivity index (χ3v) is 3.08. The zero-order chi connectivity index (χ0) is 14.3. The zero-order valence-electron chi connectivity index (χ0n) is 12.0. The molecule has 1 aromatic rings. The van der Waals surface area contributed by atoms with Crippen molar-refractivity contribution in [3.05, 3.63) is 29.3 Å². The molecule has 0 aliphatic rings. The lowest BCUT2D eigenvalue weighted by Gasteiger charge is -2.19. The van der Waals surface area contributed by atoms with Crippen LogP contribution in [0.2, 0.25) is 0 Å². The summed E-state index contributed by atoms with van der Waals surface area (Å²) in [5.41, 5.74) is 1.64. The Hall–Kier alpha value is -1.55. The lowest BCUT2D eigenvalue weighted by atomic mass is 10.1. The van der Waals surface area contributed by atoms with Gasteiger partial charge in [-0.1, -0.05) is 11.6 Å². The van der Waals surface area contributed by atoms with Gasteiger partial charge in [0.15, 0.2) is 0 Å². The molecule has 19 heavy (non-hydrogen) atoms. The number of benzene rings is 1. The number of rotatable bonds is 7. The van der Waals surface area contributed by atoms with Crippen LogP contribution in [0.3, 0.4) is 0 Å². The van der Waals surface area contributed by atoms with Gasteiger partial charge >= 0.3 is 0 Å². The van der Waals surface area contributed by atoms with Crippen LogP contribution in [-0.2, 0) is 0 Å². The largest absolute Gasteiger partial charge is 0.496 e. The quantitative estimate of drug-likeness (QED) is 0.769. The van der Waals surface area contributed by atoms with Crippen LogP contribution in [-0.4, -0.2) is 43.2 Å². The number of aliphatic hydroxyl groups excluding tert-OH is 1. The van der Waals surface area contributed by atoms with Crippen LogP contribution in [0.25, 0.3) is 0 Å². The molecule has 1 N–H and O–H groups in total. The van der Waals surface area contributed by atoms with Crippen LogP contribution < -0.4 is 4.74 Å². The average molecular weight is 265 g/mol. The number of aryl methyl sites for hydroxylation is 1. The number of methoxy groups -OCH3 is 1. The minimum Gasteiger partial charge on any atom is -0.496 e. The van der Waals surface area contributed by atoms with Crippen molar-refractivity contribution >= 4 is 5.91 Å².